The van der Waals surface area contributed by atoms with Crippen molar-refractivity contribution in [1.29, 1.82) is 0 Å². The van der Waals surface area contributed by atoms with Crippen LogP contribution in [0.1, 0.15) is 103 Å². The molecule has 7 aromatic rings. The summed E-state index contributed by atoms with van der Waals surface area (Å²) >= 11 is 0. The summed E-state index contributed by atoms with van der Waals surface area (Å²) in [6.45, 7) is 19.7. The van der Waals surface area contributed by atoms with Crippen LogP contribution in [-0.4, -0.2) is 6.71 Å². The molecule has 0 aromatic heterocycles. The molecule has 0 radical (unpaired) electrons. The molecule has 0 saturated heterocycles. The number of anilines is 6. The Morgan fingerprint density at radius 2 is 0.803 bits per heavy atom. The predicted molar refractivity (Wildman–Crippen MR) is 262 cm³/mol. The monoisotopic (exact) mass is 792 g/mol. The van der Waals surface area contributed by atoms with E-state index in [4.69, 9.17) is 0 Å². The van der Waals surface area contributed by atoms with E-state index in [1.165, 1.54) is 121 Å². The van der Waals surface area contributed by atoms with Gasteiger partial charge >= 0.3 is 0 Å². The van der Waals surface area contributed by atoms with E-state index in [2.05, 4.69) is 217 Å². The summed E-state index contributed by atoms with van der Waals surface area (Å²) in [5.74, 6) is 0. The summed E-state index contributed by atoms with van der Waals surface area (Å²) < 4.78 is 0. The number of hydrogen-bond donors (Lipinski definition) is 0. The molecule has 0 spiro atoms. The third kappa shape index (κ3) is 5.90. The molecule has 0 N–H and O–H groups in total. The van der Waals surface area contributed by atoms with Gasteiger partial charge in [-0.2, -0.15) is 0 Å². The van der Waals surface area contributed by atoms with Crippen molar-refractivity contribution in [2.45, 2.75) is 103 Å². The number of fused-ring (bicyclic) bond motifs is 6. The molecule has 302 valence electrons. The van der Waals surface area contributed by atoms with E-state index < -0.39 is 0 Å². The molecule has 7 aromatic carbocycles. The lowest BCUT2D eigenvalue weighted by Gasteiger charge is -2.48. The van der Waals surface area contributed by atoms with Gasteiger partial charge in [-0.05, 0) is 157 Å². The van der Waals surface area contributed by atoms with Crippen LogP contribution in [0.5, 0.6) is 0 Å². The Balaban J connectivity index is 1.21. The van der Waals surface area contributed by atoms with Crippen molar-refractivity contribution < 1.29 is 0 Å². The summed E-state index contributed by atoms with van der Waals surface area (Å²) in [5.41, 5.74) is 23.0. The number of rotatable bonds is 4. The van der Waals surface area contributed by atoms with Gasteiger partial charge in [-0.15, -0.1) is 0 Å². The van der Waals surface area contributed by atoms with Crippen LogP contribution in [-0.2, 0) is 21.7 Å². The van der Waals surface area contributed by atoms with Crippen LogP contribution in [0.15, 0.2) is 152 Å². The van der Waals surface area contributed by atoms with Crippen molar-refractivity contribution in [3.8, 4) is 22.3 Å². The van der Waals surface area contributed by atoms with Gasteiger partial charge < -0.3 is 9.80 Å². The minimum atomic E-state index is 0.0510. The van der Waals surface area contributed by atoms with E-state index in [1.54, 1.807) is 0 Å². The maximum atomic E-state index is 2.66. The van der Waals surface area contributed by atoms with Crippen LogP contribution >= 0.6 is 0 Å². The lowest BCUT2D eigenvalue weighted by atomic mass is 9.33. The number of nitrogens with zero attached hydrogens (tertiary/aromatic N) is 2. The average Bonchev–Trinajstić information content (AvgIpc) is 3.27. The summed E-state index contributed by atoms with van der Waals surface area (Å²) in [4.78, 5) is 5.20. The van der Waals surface area contributed by atoms with Gasteiger partial charge in [-0.3, -0.25) is 0 Å². The highest BCUT2D eigenvalue weighted by Crippen LogP contribution is 2.52. The lowest BCUT2D eigenvalue weighted by Crippen LogP contribution is -2.61. The Morgan fingerprint density at radius 1 is 0.344 bits per heavy atom. The van der Waals surface area contributed by atoms with E-state index in [-0.39, 0.29) is 28.4 Å². The molecule has 2 aliphatic heterocycles. The normalized spacial score (nSPS) is 18.3. The average molecular weight is 793 g/mol. The molecule has 0 atom stereocenters. The predicted octanol–water partition coefficient (Wildman–Crippen LogP) is 13.8. The summed E-state index contributed by atoms with van der Waals surface area (Å²) in [6, 6.07) is 58.0. The maximum absolute atomic E-state index is 2.66. The Bertz CT molecular complexity index is 2870. The van der Waals surface area contributed by atoms with Gasteiger partial charge in [0.15, 0.2) is 0 Å². The summed E-state index contributed by atoms with van der Waals surface area (Å²) in [7, 11) is 0. The first kappa shape index (κ1) is 38.2. The summed E-state index contributed by atoms with van der Waals surface area (Å²) in [5, 5.41) is 0. The first-order valence-corrected chi connectivity index (χ1v) is 22.6. The molecule has 0 bridgehead atoms. The molecule has 2 aliphatic carbocycles. The molecule has 0 amide bonds. The van der Waals surface area contributed by atoms with Crippen molar-refractivity contribution in [3.05, 3.63) is 174 Å². The molecular weight excluding hydrogens is 735 g/mol. The molecule has 0 saturated carbocycles. The molecule has 0 fully saturated rings. The molecule has 11 rings (SSSR count). The van der Waals surface area contributed by atoms with Crippen LogP contribution in [0.4, 0.5) is 34.1 Å². The largest absolute Gasteiger partial charge is 0.311 e. The van der Waals surface area contributed by atoms with Gasteiger partial charge in [0.25, 0.3) is 6.71 Å². The fourth-order valence-corrected chi connectivity index (χ4v) is 11.5. The molecule has 4 aliphatic rings. The van der Waals surface area contributed by atoms with E-state index in [0.717, 1.165) is 0 Å². The number of hydrogen-bond acceptors (Lipinski definition) is 2. The molecule has 2 heterocycles. The minimum absolute atomic E-state index is 0.0510. The van der Waals surface area contributed by atoms with Gasteiger partial charge in [0.1, 0.15) is 0 Å². The van der Waals surface area contributed by atoms with Crippen LogP contribution in [0, 0.1) is 0 Å². The molecule has 2 nitrogen and oxygen atoms in total. The van der Waals surface area contributed by atoms with Crippen LogP contribution in [0.3, 0.4) is 0 Å². The van der Waals surface area contributed by atoms with Crippen LogP contribution < -0.4 is 26.2 Å². The Morgan fingerprint density at radius 3 is 1.41 bits per heavy atom. The second-order valence-corrected chi connectivity index (χ2v) is 21.1. The zero-order chi connectivity index (χ0) is 42.1. The standard InChI is InChI=1S/C58H57BN2/c1-55(2)30-31-56(3,4)45-35-43(27-28-44(45)55)61-52-21-15-20-51-54(52)59(49-36-46-47(37-53(49)61)58(7,8)33-32-57(46,5)6)48-34-41(39-18-13-10-14-19-39)24-29-50(48)60(51)42-25-22-40(23-26-42)38-16-11-9-12-17-38/h9-29,34-37H,30-33H2,1-8H3. The zero-order valence-electron chi connectivity index (χ0n) is 37.2. The fourth-order valence-electron chi connectivity index (χ4n) is 11.5. The van der Waals surface area contributed by atoms with E-state index in [9.17, 15) is 0 Å². The van der Waals surface area contributed by atoms with E-state index in [1.807, 2.05) is 0 Å². The van der Waals surface area contributed by atoms with Crippen molar-refractivity contribution in [1.82, 2.24) is 0 Å². The van der Waals surface area contributed by atoms with Crippen molar-refractivity contribution in [2.75, 3.05) is 9.80 Å². The quantitative estimate of drug-likeness (QED) is 0.164. The van der Waals surface area contributed by atoms with Gasteiger partial charge in [0, 0.05) is 34.1 Å². The Kier molecular flexibility index (Phi) is 8.35. The van der Waals surface area contributed by atoms with Crippen LogP contribution in [0.2, 0.25) is 0 Å². The highest BCUT2D eigenvalue weighted by Gasteiger charge is 2.47. The maximum Gasteiger partial charge on any atom is 0.252 e. The van der Waals surface area contributed by atoms with Gasteiger partial charge in [0.05, 0.1) is 0 Å². The van der Waals surface area contributed by atoms with Crippen molar-refractivity contribution >= 4 is 57.2 Å². The van der Waals surface area contributed by atoms with Gasteiger partial charge in [-0.25, -0.2) is 0 Å². The Hall–Kier alpha value is -5.80. The molecule has 3 heteroatoms. The smallest absolute Gasteiger partial charge is 0.252 e. The third-order valence-electron chi connectivity index (χ3n) is 15.4. The molecule has 0 unspecified atom stereocenters. The first-order chi connectivity index (χ1) is 29.2. The van der Waals surface area contributed by atoms with E-state index >= 15 is 0 Å². The van der Waals surface area contributed by atoms with Gasteiger partial charge in [0.2, 0.25) is 0 Å². The third-order valence-corrected chi connectivity index (χ3v) is 15.4. The SMILES string of the molecule is CC1(C)CCC(C)(C)c2cc(N3c4cc5c(cc4B4c6cc(-c7ccccc7)ccc6N(c6ccc(-c7ccccc7)cc6)c6cccc3c64)C(C)(C)CCC5(C)C)ccc21. The topological polar surface area (TPSA) is 6.48 Å². The number of benzene rings is 7. The Labute approximate surface area is 364 Å². The van der Waals surface area contributed by atoms with Crippen LogP contribution in [0.25, 0.3) is 22.3 Å². The first-order valence-electron chi connectivity index (χ1n) is 22.6. The second-order valence-electron chi connectivity index (χ2n) is 21.1. The summed E-state index contributed by atoms with van der Waals surface area (Å²) in [6.07, 6.45) is 4.75. The van der Waals surface area contributed by atoms with Gasteiger partial charge in [-0.1, -0.05) is 159 Å². The molecule has 61 heavy (non-hydrogen) atoms. The van der Waals surface area contributed by atoms with Crippen molar-refractivity contribution in [3.63, 3.8) is 0 Å². The van der Waals surface area contributed by atoms with E-state index in [0.29, 0.717) is 0 Å². The fraction of sp³-hybridized carbons (Fsp3) is 0.276. The highest BCUT2D eigenvalue weighted by molar-refractivity contribution is 7.00. The second kappa shape index (κ2) is 13.4. The lowest BCUT2D eigenvalue weighted by molar-refractivity contribution is 0.332. The minimum Gasteiger partial charge on any atom is -0.311 e. The van der Waals surface area contributed by atoms with Crippen molar-refractivity contribution in [2.24, 2.45) is 0 Å². The molecular formula is C58H57BN2. The highest BCUT2D eigenvalue weighted by atomic mass is 15.2. The zero-order valence-corrected chi connectivity index (χ0v) is 37.2.